The fraction of sp³-hybridized carbons (Fsp3) is 0.536. The van der Waals surface area contributed by atoms with Gasteiger partial charge < -0.3 is 49.7 Å². The van der Waals surface area contributed by atoms with E-state index in [1.165, 1.54) is 47.9 Å². The molecule has 78 heavy (non-hydrogen) atoms. The van der Waals surface area contributed by atoms with Gasteiger partial charge in [0.2, 0.25) is 20.0 Å². The third-order valence-electron chi connectivity index (χ3n) is 14.4. The van der Waals surface area contributed by atoms with E-state index in [0.717, 1.165) is 39.0 Å². The Hall–Kier alpha value is -5.40. The number of fused-ring (bicyclic) bond motifs is 2. The van der Waals surface area contributed by atoms with E-state index in [1.807, 2.05) is 12.1 Å². The van der Waals surface area contributed by atoms with Crippen LogP contribution in [0.3, 0.4) is 0 Å². The minimum absolute atomic E-state index is 0.0990. The molecular formula is C56H78N8O12S2. The number of nitrogens with one attached hydrogen (secondary N) is 6. The highest BCUT2D eigenvalue weighted by molar-refractivity contribution is 7.89. The highest BCUT2D eigenvalue weighted by Gasteiger charge is 2.40. The number of hydrogen-bond donors (Lipinski definition) is 6. The van der Waals surface area contributed by atoms with Gasteiger partial charge in [-0.2, -0.15) is 0 Å². The Morgan fingerprint density at radius 2 is 0.782 bits per heavy atom. The van der Waals surface area contributed by atoms with Crippen molar-refractivity contribution in [3.8, 4) is 11.5 Å². The molecule has 0 saturated carbocycles. The second kappa shape index (κ2) is 30.3. The van der Waals surface area contributed by atoms with Crippen LogP contribution in [0.2, 0.25) is 0 Å². The molecule has 22 heteroatoms. The standard InChI is InChI=1S/C56H78N8O12S2/c65-55(59-25-33-71-37-39-73-35-27-61-77(67,68)47-19-15-45(16-20-47)75-53-49-13-3-1-11-43(49)41-51(53)63-29-7-8-30-63)57-23-5-6-24-58-56(66)60-26-34-72-38-40-74-36-28-62-78(69,70)48-21-17-46(18-22-48)76-54-50-14-4-2-12-44(50)42-52(54)64-31-9-10-32-64/h1-4,11-22,51-54,61-62H,5-10,23-42H2,(H2,57,59,65)(H2,58,60,66)/t51-,52?,53-,54-/m0/s1. The number of hydrogen-bond acceptors (Lipinski definition) is 14. The smallest absolute Gasteiger partial charge is 0.314 e. The summed E-state index contributed by atoms with van der Waals surface area (Å²) in [6, 6.07) is 29.8. The summed E-state index contributed by atoms with van der Waals surface area (Å²) in [4.78, 5) is 29.5. The second-order valence-electron chi connectivity index (χ2n) is 19.8. The summed E-state index contributed by atoms with van der Waals surface area (Å²) in [5.74, 6) is 1.26. The molecule has 2 heterocycles. The highest BCUT2D eigenvalue weighted by atomic mass is 32.2. The van der Waals surface area contributed by atoms with Crippen LogP contribution in [0, 0.1) is 0 Å². The number of unbranched alkanes of at least 4 members (excludes halogenated alkanes) is 1. The molecule has 426 valence electrons. The first-order valence-electron chi connectivity index (χ1n) is 27.5. The van der Waals surface area contributed by atoms with Crippen molar-refractivity contribution in [2.24, 2.45) is 0 Å². The molecule has 0 aromatic heterocycles. The van der Waals surface area contributed by atoms with Crippen LogP contribution in [0.5, 0.6) is 11.5 Å². The lowest BCUT2D eigenvalue weighted by Gasteiger charge is -2.30. The topological polar surface area (TPSA) is 236 Å². The van der Waals surface area contributed by atoms with Crippen LogP contribution in [0.15, 0.2) is 107 Å². The van der Waals surface area contributed by atoms with Crippen molar-refractivity contribution in [1.82, 2.24) is 40.5 Å². The average molecular weight is 1120 g/mol. The van der Waals surface area contributed by atoms with Crippen molar-refractivity contribution < 1.29 is 54.8 Å². The van der Waals surface area contributed by atoms with Crippen LogP contribution in [-0.4, -0.2) is 169 Å². The predicted octanol–water partition coefficient (Wildman–Crippen LogP) is 4.67. The van der Waals surface area contributed by atoms with Crippen molar-refractivity contribution in [3.05, 3.63) is 119 Å². The SMILES string of the molecule is O=C(NCCCCNC(=O)NCCOCCOCCNS(=O)(=O)c1ccc(O[C@H]2c3ccccc3C[C@@H]2N2CCCC2)cc1)NCCOCCOCCNS(=O)(=O)c1ccc(O[C@H]2c3ccccc3CC2N2CCCC2)cc1. The zero-order valence-electron chi connectivity index (χ0n) is 44.5. The number of likely N-dealkylation sites (tertiary alicyclic amines) is 2. The van der Waals surface area contributed by atoms with Crippen LogP contribution >= 0.6 is 0 Å². The van der Waals surface area contributed by atoms with Crippen LogP contribution in [0.25, 0.3) is 0 Å². The highest BCUT2D eigenvalue weighted by Crippen LogP contribution is 2.41. The molecule has 4 aliphatic rings. The summed E-state index contributed by atoms with van der Waals surface area (Å²) in [5, 5.41) is 11.0. The van der Waals surface area contributed by atoms with Crippen LogP contribution in [0.4, 0.5) is 9.59 Å². The molecule has 6 N–H and O–H groups in total. The minimum atomic E-state index is -3.74. The first-order valence-corrected chi connectivity index (χ1v) is 30.5. The third-order valence-corrected chi connectivity index (χ3v) is 17.3. The summed E-state index contributed by atoms with van der Waals surface area (Å²) >= 11 is 0. The van der Waals surface area contributed by atoms with Crippen molar-refractivity contribution in [2.75, 3.05) is 118 Å². The quantitative estimate of drug-likeness (QED) is 0.0356. The molecule has 0 spiro atoms. The van der Waals surface area contributed by atoms with Gasteiger partial charge in [-0.1, -0.05) is 48.5 Å². The summed E-state index contributed by atoms with van der Waals surface area (Å²) in [7, 11) is -7.48. The zero-order chi connectivity index (χ0) is 54.4. The van der Waals surface area contributed by atoms with E-state index in [-0.39, 0.29) is 112 Å². The molecule has 1 unspecified atom stereocenters. The average Bonchev–Trinajstić information content (AvgIpc) is 4.40. The fourth-order valence-electron chi connectivity index (χ4n) is 10.4. The molecular weight excluding hydrogens is 1040 g/mol. The zero-order valence-corrected chi connectivity index (χ0v) is 46.2. The Balaban J connectivity index is 0.562. The van der Waals surface area contributed by atoms with Gasteiger partial charge in [0.05, 0.1) is 74.7 Å². The number of benzene rings is 4. The van der Waals surface area contributed by atoms with Gasteiger partial charge >= 0.3 is 12.1 Å². The van der Waals surface area contributed by atoms with Gasteiger partial charge in [-0.05, 0) is 148 Å². The molecule has 0 radical (unpaired) electrons. The number of urea groups is 2. The number of ether oxygens (including phenoxy) is 6. The van der Waals surface area contributed by atoms with Gasteiger partial charge in [-0.25, -0.2) is 35.9 Å². The molecule has 2 aliphatic heterocycles. The number of carbonyl (C=O) groups is 2. The lowest BCUT2D eigenvalue weighted by atomic mass is 10.1. The Morgan fingerprint density at radius 3 is 1.17 bits per heavy atom. The molecule has 4 amide bonds. The summed E-state index contributed by atoms with van der Waals surface area (Å²) in [5.41, 5.74) is 5.00. The molecule has 2 saturated heterocycles. The first kappa shape index (κ1) is 58.7. The molecule has 8 rings (SSSR count). The largest absolute Gasteiger partial charge is 0.484 e. The summed E-state index contributed by atoms with van der Waals surface area (Å²) < 4.78 is 92.0. The number of amides is 4. The molecule has 4 aromatic carbocycles. The van der Waals surface area contributed by atoms with E-state index in [2.05, 4.69) is 76.9 Å². The van der Waals surface area contributed by atoms with E-state index in [9.17, 15) is 26.4 Å². The van der Waals surface area contributed by atoms with Gasteiger partial charge in [-0.3, -0.25) is 9.80 Å². The Kier molecular flexibility index (Phi) is 22.8. The van der Waals surface area contributed by atoms with Crippen molar-refractivity contribution in [3.63, 3.8) is 0 Å². The molecule has 0 bridgehead atoms. The minimum Gasteiger partial charge on any atom is -0.484 e. The van der Waals surface area contributed by atoms with E-state index in [4.69, 9.17) is 28.4 Å². The number of sulfonamides is 2. The number of nitrogens with zero attached hydrogens (tertiary/aromatic N) is 2. The molecule has 20 nitrogen and oxygen atoms in total. The third kappa shape index (κ3) is 17.5. The van der Waals surface area contributed by atoms with E-state index >= 15 is 0 Å². The maximum Gasteiger partial charge on any atom is 0.314 e. The van der Waals surface area contributed by atoms with Crippen molar-refractivity contribution in [2.45, 2.75) is 85.4 Å². The molecule has 4 aromatic rings. The van der Waals surface area contributed by atoms with Gasteiger partial charge in [0.1, 0.15) is 23.7 Å². The van der Waals surface area contributed by atoms with E-state index in [1.54, 1.807) is 48.5 Å². The monoisotopic (exact) mass is 1120 g/mol. The molecule has 2 fully saturated rings. The Labute approximate surface area is 460 Å². The maximum atomic E-state index is 12.9. The fourth-order valence-corrected chi connectivity index (χ4v) is 12.4. The van der Waals surface area contributed by atoms with Crippen molar-refractivity contribution >= 4 is 32.1 Å². The van der Waals surface area contributed by atoms with Gasteiger partial charge in [0.25, 0.3) is 0 Å². The lowest BCUT2D eigenvalue weighted by Crippen LogP contribution is -2.39. The van der Waals surface area contributed by atoms with Gasteiger partial charge in [0, 0.05) is 39.3 Å². The summed E-state index contributed by atoms with van der Waals surface area (Å²) in [6.07, 6.45) is 7.80. The van der Waals surface area contributed by atoms with E-state index in [0.29, 0.717) is 50.5 Å². The van der Waals surface area contributed by atoms with Crippen LogP contribution in [0.1, 0.15) is 73.0 Å². The van der Waals surface area contributed by atoms with Gasteiger partial charge in [0.15, 0.2) is 0 Å². The number of carbonyl (C=O) groups excluding carboxylic acids is 2. The summed E-state index contributed by atoms with van der Waals surface area (Å²) in [6.45, 7) is 7.94. The lowest BCUT2D eigenvalue weighted by molar-refractivity contribution is 0.0516. The predicted molar refractivity (Wildman–Crippen MR) is 295 cm³/mol. The molecule has 4 atom stereocenters. The van der Waals surface area contributed by atoms with Gasteiger partial charge in [-0.15, -0.1) is 0 Å². The Bertz CT molecular complexity index is 2530. The maximum absolute atomic E-state index is 12.9. The first-order chi connectivity index (χ1) is 38.0. The van der Waals surface area contributed by atoms with E-state index < -0.39 is 20.0 Å². The number of rotatable bonds is 33. The van der Waals surface area contributed by atoms with Crippen molar-refractivity contribution in [1.29, 1.82) is 0 Å². The normalized spacial score (nSPS) is 19.3. The van der Waals surface area contributed by atoms with Crippen LogP contribution < -0.4 is 40.2 Å². The van der Waals surface area contributed by atoms with Crippen LogP contribution in [-0.2, 0) is 51.8 Å². The molecule has 2 aliphatic carbocycles. The second-order valence-corrected chi connectivity index (χ2v) is 23.3. The Morgan fingerprint density at radius 1 is 0.436 bits per heavy atom.